The molecule has 1 amide bonds. The van der Waals surface area contributed by atoms with Crippen molar-refractivity contribution in [3.63, 3.8) is 0 Å². The van der Waals surface area contributed by atoms with Gasteiger partial charge in [-0.1, -0.05) is 18.1 Å². The Bertz CT molecular complexity index is 640. The molecule has 24 heavy (non-hydrogen) atoms. The Hall–Kier alpha value is -2.06. The molecular weight excluding hydrogens is 309 g/mol. The third-order valence-corrected chi connectivity index (χ3v) is 3.83. The minimum atomic E-state index is -0.978. The summed E-state index contributed by atoms with van der Waals surface area (Å²) in [7, 11) is 0. The van der Waals surface area contributed by atoms with Crippen molar-refractivity contribution in [1.29, 1.82) is 0 Å². The predicted molar refractivity (Wildman–Crippen MR) is 90.1 cm³/mol. The fourth-order valence-electron chi connectivity index (χ4n) is 2.86. The zero-order chi connectivity index (χ0) is 18.1. The van der Waals surface area contributed by atoms with E-state index in [1.165, 1.54) is 4.90 Å². The summed E-state index contributed by atoms with van der Waals surface area (Å²) in [5.74, 6) is 2.54. The lowest BCUT2D eigenvalue weighted by molar-refractivity contribution is -0.0797. The zero-order valence-electron chi connectivity index (χ0n) is 14.8. The standard InChI is InChI=1S/C19H24FNO3/c1-7-13-8-10-14(11-9-13)16-15(12-20)21(19(5,6)23-16)17(22)24-18(2,3)4/h1,8-11,15-16H,12H2,2-6H3/t15?,16-/m1/s1. The van der Waals surface area contributed by atoms with E-state index < -0.39 is 36.2 Å². The normalized spacial score (nSPS) is 23.0. The highest BCUT2D eigenvalue weighted by Gasteiger charge is 2.51. The van der Waals surface area contributed by atoms with Gasteiger partial charge in [0.05, 0.1) is 6.04 Å². The summed E-state index contributed by atoms with van der Waals surface area (Å²) in [6.07, 6.45) is 4.20. The molecule has 1 aliphatic rings. The Labute approximate surface area is 142 Å². The Kier molecular flexibility index (Phi) is 4.91. The van der Waals surface area contributed by atoms with Crippen LogP contribution in [0.4, 0.5) is 9.18 Å². The van der Waals surface area contributed by atoms with Crippen LogP contribution < -0.4 is 0 Å². The molecule has 0 spiro atoms. The molecule has 1 aromatic carbocycles. The number of carbonyl (C=O) groups is 1. The van der Waals surface area contributed by atoms with Gasteiger partial charge < -0.3 is 9.47 Å². The Morgan fingerprint density at radius 2 is 1.96 bits per heavy atom. The highest BCUT2D eigenvalue weighted by molar-refractivity contribution is 5.70. The largest absolute Gasteiger partial charge is 0.444 e. The lowest BCUT2D eigenvalue weighted by Crippen LogP contribution is -2.50. The number of hydrogen-bond acceptors (Lipinski definition) is 3. The highest BCUT2D eigenvalue weighted by atomic mass is 19.1. The molecule has 2 rings (SSSR count). The minimum Gasteiger partial charge on any atom is -0.444 e. The maximum absolute atomic E-state index is 13.8. The van der Waals surface area contributed by atoms with Crippen LogP contribution in [0.15, 0.2) is 24.3 Å². The number of nitrogens with zero attached hydrogens (tertiary/aromatic N) is 1. The molecule has 0 radical (unpaired) electrons. The van der Waals surface area contributed by atoms with Crippen LogP contribution in [0, 0.1) is 12.3 Å². The van der Waals surface area contributed by atoms with E-state index in [0.29, 0.717) is 0 Å². The summed E-state index contributed by atoms with van der Waals surface area (Å²) >= 11 is 0. The van der Waals surface area contributed by atoms with Crippen molar-refractivity contribution in [2.24, 2.45) is 0 Å². The number of halogens is 1. The van der Waals surface area contributed by atoms with Crippen molar-refractivity contribution in [2.75, 3.05) is 6.67 Å². The van der Waals surface area contributed by atoms with Gasteiger partial charge in [0, 0.05) is 5.56 Å². The monoisotopic (exact) mass is 333 g/mol. The van der Waals surface area contributed by atoms with Gasteiger partial charge in [-0.05, 0) is 52.3 Å². The van der Waals surface area contributed by atoms with E-state index >= 15 is 0 Å². The second-order valence-electron chi connectivity index (χ2n) is 7.32. The molecule has 4 nitrogen and oxygen atoms in total. The van der Waals surface area contributed by atoms with Crippen LogP contribution in [0.3, 0.4) is 0 Å². The molecular formula is C19H24FNO3. The Balaban J connectivity index is 2.32. The van der Waals surface area contributed by atoms with Gasteiger partial charge in [-0.15, -0.1) is 6.42 Å². The Morgan fingerprint density at radius 3 is 2.42 bits per heavy atom. The molecule has 1 aromatic rings. The van der Waals surface area contributed by atoms with Crippen molar-refractivity contribution >= 4 is 6.09 Å². The quantitative estimate of drug-likeness (QED) is 0.767. The molecule has 1 aliphatic heterocycles. The van der Waals surface area contributed by atoms with Crippen LogP contribution >= 0.6 is 0 Å². The number of terminal acetylenes is 1. The van der Waals surface area contributed by atoms with Gasteiger partial charge in [-0.25, -0.2) is 9.18 Å². The van der Waals surface area contributed by atoms with E-state index in [2.05, 4.69) is 5.92 Å². The number of amides is 1. The number of hydrogen-bond donors (Lipinski definition) is 0. The number of benzene rings is 1. The second kappa shape index (κ2) is 6.45. The first-order chi connectivity index (χ1) is 11.1. The maximum Gasteiger partial charge on any atom is 0.413 e. The molecule has 1 fully saturated rings. The minimum absolute atomic E-state index is 0.579. The van der Waals surface area contributed by atoms with E-state index in [1.807, 2.05) is 0 Å². The van der Waals surface area contributed by atoms with Crippen molar-refractivity contribution in [3.8, 4) is 12.3 Å². The molecule has 0 bridgehead atoms. The van der Waals surface area contributed by atoms with Crippen molar-refractivity contribution in [2.45, 2.75) is 58.1 Å². The molecule has 0 saturated carbocycles. The van der Waals surface area contributed by atoms with Crippen LogP contribution in [-0.4, -0.2) is 35.0 Å². The smallest absolute Gasteiger partial charge is 0.413 e. The molecule has 2 atom stereocenters. The summed E-state index contributed by atoms with van der Waals surface area (Å²) in [6.45, 7) is 8.05. The molecule has 0 N–H and O–H groups in total. The summed E-state index contributed by atoms with van der Waals surface area (Å²) in [6, 6.07) is 6.40. The third-order valence-electron chi connectivity index (χ3n) is 3.83. The van der Waals surface area contributed by atoms with Crippen LogP contribution in [0.1, 0.15) is 51.8 Å². The first-order valence-corrected chi connectivity index (χ1v) is 7.92. The summed E-state index contributed by atoms with van der Waals surface area (Å²) in [5, 5.41) is 0. The van der Waals surface area contributed by atoms with Crippen molar-refractivity contribution in [1.82, 2.24) is 4.90 Å². The van der Waals surface area contributed by atoms with Crippen LogP contribution in [0.5, 0.6) is 0 Å². The number of ether oxygens (including phenoxy) is 2. The molecule has 1 saturated heterocycles. The molecule has 1 unspecified atom stereocenters. The van der Waals surface area contributed by atoms with Crippen molar-refractivity contribution in [3.05, 3.63) is 35.4 Å². The lowest BCUT2D eigenvalue weighted by Gasteiger charge is -2.34. The van der Waals surface area contributed by atoms with Gasteiger partial charge in [-0.3, -0.25) is 4.90 Å². The van der Waals surface area contributed by atoms with Crippen LogP contribution in [0.2, 0.25) is 0 Å². The summed E-state index contributed by atoms with van der Waals surface area (Å²) in [5.41, 5.74) is -0.137. The first-order valence-electron chi connectivity index (χ1n) is 7.92. The average molecular weight is 333 g/mol. The van der Waals surface area contributed by atoms with Crippen LogP contribution in [-0.2, 0) is 9.47 Å². The predicted octanol–water partition coefficient (Wildman–Crippen LogP) is 4.05. The fraction of sp³-hybridized carbons (Fsp3) is 0.526. The van der Waals surface area contributed by atoms with E-state index in [9.17, 15) is 9.18 Å². The molecule has 130 valence electrons. The summed E-state index contributed by atoms with van der Waals surface area (Å²) < 4.78 is 25.2. The first kappa shape index (κ1) is 18.3. The molecule has 0 aliphatic carbocycles. The SMILES string of the molecule is C#Cc1ccc([C@H]2OC(C)(C)N(C(=O)OC(C)(C)C)C2CF)cc1. The van der Waals surface area contributed by atoms with E-state index in [1.54, 1.807) is 58.9 Å². The average Bonchev–Trinajstić information content (AvgIpc) is 2.76. The van der Waals surface area contributed by atoms with Gasteiger partial charge in [0.25, 0.3) is 0 Å². The lowest BCUT2D eigenvalue weighted by atomic mass is 10.0. The van der Waals surface area contributed by atoms with Crippen molar-refractivity contribution < 1.29 is 18.7 Å². The van der Waals surface area contributed by atoms with Gasteiger partial charge >= 0.3 is 6.09 Å². The zero-order valence-corrected chi connectivity index (χ0v) is 14.8. The van der Waals surface area contributed by atoms with E-state index in [4.69, 9.17) is 15.9 Å². The van der Waals surface area contributed by atoms with Gasteiger partial charge in [-0.2, -0.15) is 0 Å². The number of rotatable bonds is 2. The summed E-state index contributed by atoms with van der Waals surface area (Å²) in [4.78, 5) is 13.9. The number of carbonyl (C=O) groups excluding carboxylic acids is 1. The second-order valence-corrected chi connectivity index (χ2v) is 7.32. The maximum atomic E-state index is 13.8. The molecule has 5 heteroatoms. The van der Waals surface area contributed by atoms with Crippen LogP contribution in [0.25, 0.3) is 0 Å². The fourth-order valence-corrected chi connectivity index (χ4v) is 2.86. The highest BCUT2D eigenvalue weighted by Crippen LogP contribution is 2.42. The van der Waals surface area contributed by atoms with E-state index in [-0.39, 0.29) is 0 Å². The third kappa shape index (κ3) is 3.70. The van der Waals surface area contributed by atoms with Gasteiger partial charge in [0.1, 0.15) is 24.1 Å². The molecule has 1 heterocycles. The van der Waals surface area contributed by atoms with Gasteiger partial charge in [0.15, 0.2) is 0 Å². The van der Waals surface area contributed by atoms with E-state index in [0.717, 1.165) is 11.1 Å². The molecule has 0 aromatic heterocycles. The topological polar surface area (TPSA) is 38.8 Å². The Morgan fingerprint density at radius 1 is 1.38 bits per heavy atom. The number of alkyl halides is 1. The van der Waals surface area contributed by atoms with Gasteiger partial charge in [0.2, 0.25) is 0 Å².